The quantitative estimate of drug-likeness (QED) is 0.865. The van der Waals surface area contributed by atoms with Gasteiger partial charge >= 0.3 is 0 Å². The Kier molecular flexibility index (Phi) is 4.51. The monoisotopic (exact) mass is 325 g/mol. The molecule has 21 heavy (non-hydrogen) atoms. The van der Waals surface area contributed by atoms with Crippen molar-refractivity contribution in [1.29, 1.82) is 0 Å². The minimum absolute atomic E-state index is 0.0745. The molecular formula is C16H21Cl2N3. The summed E-state index contributed by atoms with van der Waals surface area (Å²) in [4.78, 5) is 4.56. The molecule has 1 aromatic carbocycles. The van der Waals surface area contributed by atoms with E-state index in [1.54, 1.807) is 0 Å². The molecule has 1 aliphatic heterocycles. The Balaban J connectivity index is 1.79. The Hall–Kier alpha value is -1.06. The number of para-hydroxylation sites is 1. The second-order valence-electron chi connectivity index (χ2n) is 5.82. The van der Waals surface area contributed by atoms with Gasteiger partial charge in [0, 0.05) is 25.5 Å². The molecule has 1 aromatic rings. The first kappa shape index (κ1) is 14.9. The van der Waals surface area contributed by atoms with E-state index in [1.165, 1.54) is 32.1 Å². The summed E-state index contributed by atoms with van der Waals surface area (Å²) in [7, 11) is 2.07. The zero-order valence-electron chi connectivity index (χ0n) is 12.2. The van der Waals surface area contributed by atoms with Crippen LogP contribution < -0.4 is 5.32 Å². The average Bonchev–Trinajstić information content (AvgIpc) is 2.85. The minimum atomic E-state index is 0.0745. The van der Waals surface area contributed by atoms with Crippen molar-refractivity contribution in [2.24, 2.45) is 0 Å². The van der Waals surface area contributed by atoms with Gasteiger partial charge in [-0.05, 0) is 25.0 Å². The van der Waals surface area contributed by atoms with Gasteiger partial charge in [-0.2, -0.15) is 0 Å². The molecule has 114 valence electrons. The Labute approximate surface area is 136 Å². The Morgan fingerprint density at radius 1 is 1.05 bits per heavy atom. The molecule has 1 saturated carbocycles. The Morgan fingerprint density at radius 3 is 2.38 bits per heavy atom. The number of halogens is 2. The van der Waals surface area contributed by atoms with Crippen LogP contribution in [0.1, 0.15) is 32.1 Å². The fourth-order valence-corrected chi connectivity index (χ4v) is 3.70. The first-order valence-electron chi connectivity index (χ1n) is 7.55. The van der Waals surface area contributed by atoms with Crippen LogP contribution in [0.2, 0.25) is 10.0 Å². The molecule has 1 unspecified atom stereocenters. The number of rotatable bonds is 3. The molecule has 1 aliphatic carbocycles. The van der Waals surface area contributed by atoms with Gasteiger partial charge in [0.1, 0.15) is 0 Å². The molecule has 0 spiro atoms. The van der Waals surface area contributed by atoms with E-state index in [-0.39, 0.29) is 6.29 Å². The van der Waals surface area contributed by atoms with Crippen molar-refractivity contribution < 1.29 is 0 Å². The SMILES string of the molecule is CN1C=CN(C2CCCCC2)C1Nc1c(Cl)cccc1Cl. The topological polar surface area (TPSA) is 18.5 Å². The molecule has 1 atom stereocenters. The second kappa shape index (κ2) is 6.37. The summed E-state index contributed by atoms with van der Waals surface area (Å²) < 4.78 is 0. The zero-order valence-corrected chi connectivity index (χ0v) is 13.7. The van der Waals surface area contributed by atoms with Crippen molar-refractivity contribution in [2.45, 2.75) is 44.4 Å². The molecule has 1 fully saturated rings. The Bertz CT molecular complexity index is 506. The minimum Gasteiger partial charge on any atom is -0.346 e. The summed E-state index contributed by atoms with van der Waals surface area (Å²) in [6.07, 6.45) is 10.9. The molecule has 1 N–H and O–H groups in total. The summed E-state index contributed by atoms with van der Waals surface area (Å²) >= 11 is 12.6. The van der Waals surface area contributed by atoms with Crippen molar-refractivity contribution in [3.05, 3.63) is 40.6 Å². The van der Waals surface area contributed by atoms with E-state index >= 15 is 0 Å². The van der Waals surface area contributed by atoms with Gasteiger partial charge in [-0.15, -0.1) is 0 Å². The fraction of sp³-hybridized carbons (Fsp3) is 0.500. The highest BCUT2D eigenvalue weighted by molar-refractivity contribution is 6.39. The van der Waals surface area contributed by atoms with Gasteiger partial charge in [0.05, 0.1) is 15.7 Å². The van der Waals surface area contributed by atoms with Crippen LogP contribution in [0.5, 0.6) is 0 Å². The number of nitrogens with one attached hydrogen (secondary N) is 1. The maximum atomic E-state index is 6.28. The lowest BCUT2D eigenvalue weighted by Crippen LogP contribution is -2.48. The lowest BCUT2D eigenvalue weighted by Gasteiger charge is -2.39. The predicted octanol–water partition coefficient (Wildman–Crippen LogP) is 4.74. The van der Waals surface area contributed by atoms with Gasteiger partial charge in [-0.25, -0.2) is 0 Å². The lowest BCUT2D eigenvalue weighted by atomic mass is 9.94. The molecule has 0 bridgehead atoms. The van der Waals surface area contributed by atoms with E-state index in [2.05, 4.69) is 34.6 Å². The van der Waals surface area contributed by atoms with Crippen molar-refractivity contribution in [3.63, 3.8) is 0 Å². The van der Waals surface area contributed by atoms with E-state index in [4.69, 9.17) is 23.2 Å². The van der Waals surface area contributed by atoms with Crippen LogP contribution in [-0.4, -0.2) is 29.2 Å². The third-order valence-electron chi connectivity index (χ3n) is 4.37. The normalized spacial score (nSPS) is 22.9. The molecule has 3 nitrogen and oxygen atoms in total. The first-order valence-corrected chi connectivity index (χ1v) is 8.30. The highest BCUT2D eigenvalue weighted by Gasteiger charge is 2.31. The first-order chi connectivity index (χ1) is 10.2. The molecule has 2 aliphatic rings. The molecule has 0 saturated heterocycles. The van der Waals surface area contributed by atoms with Crippen LogP contribution in [0.25, 0.3) is 0 Å². The van der Waals surface area contributed by atoms with Crippen LogP contribution in [0.3, 0.4) is 0 Å². The van der Waals surface area contributed by atoms with Crippen LogP contribution >= 0.6 is 23.2 Å². The molecule has 5 heteroatoms. The fourth-order valence-electron chi connectivity index (χ4n) is 3.20. The summed E-state index contributed by atoms with van der Waals surface area (Å²) in [5, 5.41) is 4.82. The molecule has 3 rings (SSSR count). The average molecular weight is 326 g/mol. The number of hydrogen-bond donors (Lipinski definition) is 1. The molecule has 1 heterocycles. The molecule has 0 amide bonds. The van der Waals surface area contributed by atoms with Gasteiger partial charge in [-0.1, -0.05) is 48.5 Å². The summed E-state index contributed by atoms with van der Waals surface area (Å²) in [5.74, 6) is 0. The van der Waals surface area contributed by atoms with E-state index in [0.29, 0.717) is 16.1 Å². The van der Waals surface area contributed by atoms with Crippen LogP contribution in [0.4, 0.5) is 5.69 Å². The highest BCUT2D eigenvalue weighted by atomic mass is 35.5. The number of benzene rings is 1. The van der Waals surface area contributed by atoms with Gasteiger partial charge in [0.25, 0.3) is 0 Å². The predicted molar refractivity (Wildman–Crippen MR) is 89.5 cm³/mol. The largest absolute Gasteiger partial charge is 0.346 e. The lowest BCUT2D eigenvalue weighted by molar-refractivity contribution is 0.128. The number of nitrogens with zero attached hydrogens (tertiary/aromatic N) is 2. The van der Waals surface area contributed by atoms with Crippen molar-refractivity contribution in [2.75, 3.05) is 12.4 Å². The van der Waals surface area contributed by atoms with Crippen LogP contribution in [-0.2, 0) is 0 Å². The maximum absolute atomic E-state index is 6.28. The third kappa shape index (κ3) is 3.09. The summed E-state index contributed by atoms with van der Waals surface area (Å²) in [5.41, 5.74) is 0.808. The van der Waals surface area contributed by atoms with E-state index in [0.717, 1.165) is 5.69 Å². The summed E-state index contributed by atoms with van der Waals surface area (Å²) in [6, 6.07) is 6.19. The smallest absolute Gasteiger partial charge is 0.178 e. The van der Waals surface area contributed by atoms with E-state index in [9.17, 15) is 0 Å². The van der Waals surface area contributed by atoms with Gasteiger partial charge in [-0.3, -0.25) is 0 Å². The number of anilines is 1. The van der Waals surface area contributed by atoms with Crippen molar-refractivity contribution in [3.8, 4) is 0 Å². The Morgan fingerprint density at radius 2 is 1.71 bits per heavy atom. The van der Waals surface area contributed by atoms with Gasteiger partial charge in [0.15, 0.2) is 6.29 Å². The maximum Gasteiger partial charge on any atom is 0.178 e. The number of hydrogen-bond acceptors (Lipinski definition) is 3. The zero-order chi connectivity index (χ0) is 14.8. The molecule has 0 radical (unpaired) electrons. The van der Waals surface area contributed by atoms with E-state index < -0.39 is 0 Å². The highest BCUT2D eigenvalue weighted by Crippen LogP contribution is 2.34. The standard InChI is InChI=1S/C16H21Cl2N3/c1-20-10-11-21(12-6-3-2-4-7-12)16(20)19-15-13(17)8-5-9-14(15)18/h5,8-12,16,19H,2-4,6-7H2,1H3. The molecular weight excluding hydrogens is 305 g/mol. The summed E-state index contributed by atoms with van der Waals surface area (Å²) in [6.45, 7) is 0. The van der Waals surface area contributed by atoms with Crippen LogP contribution in [0, 0.1) is 0 Å². The van der Waals surface area contributed by atoms with Crippen molar-refractivity contribution >= 4 is 28.9 Å². The van der Waals surface area contributed by atoms with Gasteiger partial charge < -0.3 is 15.1 Å². The second-order valence-corrected chi connectivity index (χ2v) is 6.63. The third-order valence-corrected chi connectivity index (χ3v) is 5.00. The van der Waals surface area contributed by atoms with Crippen LogP contribution in [0.15, 0.2) is 30.6 Å². The van der Waals surface area contributed by atoms with E-state index in [1.807, 2.05) is 18.2 Å². The van der Waals surface area contributed by atoms with Crippen molar-refractivity contribution in [1.82, 2.24) is 9.80 Å². The van der Waals surface area contributed by atoms with Gasteiger partial charge in [0.2, 0.25) is 0 Å². The molecule has 0 aromatic heterocycles.